The number of aromatic nitrogens is 3. The van der Waals surface area contributed by atoms with Crippen molar-refractivity contribution in [1.29, 1.82) is 0 Å². The number of sulfonamides is 1. The standard InChI is InChI=1S/C13H19N5O2S/c1-3-14-8-11-4-5-12(17-9-11)21(19,20)18-10(2)13-15-6-7-16-13/h4-7,9-10,14,18H,3,8H2,1-2H3,(H,15,16). The maximum absolute atomic E-state index is 12.2. The molecule has 0 spiro atoms. The lowest BCUT2D eigenvalue weighted by Gasteiger charge is -2.12. The van der Waals surface area contributed by atoms with E-state index in [4.69, 9.17) is 0 Å². The smallest absolute Gasteiger partial charge is 0.258 e. The van der Waals surface area contributed by atoms with Gasteiger partial charge < -0.3 is 10.3 Å². The van der Waals surface area contributed by atoms with Crippen molar-refractivity contribution >= 4 is 10.0 Å². The Kier molecular flexibility index (Phi) is 5.05. The number of pyridine rings is 1. The van der Waals surface area contributed by atoms with Gasteiger partial charge in [-0.3, -0.25) is 0 Å². The van der Waals surface area contributed by atoms with Gasteiger partial charge >= 0.3 is 0 Å². The van der Waals surface area contributed by atoms with Crippen LogP contribution in [0.3, 0.4) is 0 Å². The minimum atomic E-state index is -3.66. The lowest BCUT2D eigenvalue weighted by Crippen LogP contribution is -2.28. The van der Waals surface area contributed by atoms with E-state index in [9.17, 15) is 8.42 Å². The zero-order valence-electron chi connectivity index (χ0n) is 12.0. The second kappa shape index (κ2) is 6.79. The van der Waals surface area contributed by atoms with Crippen molar-refractivity contribution in [3.8, 4) is 0 Å². The van der Waals surface area contributed by atoms with Crippen LogP contribution in [0.5, 0.6) is 0 Å². The Morgan fingerprint density at radius 3 is 2.71 bits per heavy atom. The van der Waals surface area contributed by atoms with Gasteiger partial charge in [0.05, 0.1) is 6.04 Å². The van der Waals surface area contributed by atoms with Crippen LogP contribution in [-0.2, 0) is 16.6 Å². The van der Waals surface area contributed by atoms with E-state index in [0.717, 1.165) is 12.1 Å². The summed E-state index contributed by atoms with van der Waals surface area (Å²) in [5, 5.41) is 3.16. The predicted molar refractivity (Wildman–Crippen MR) is 78.9 cm³/mol. The number of hydrogen-bond acceptors (Lipinski definition) is 5. The van der Waals surface area contributed by atoms with E-state index in [1.165, 1.54) is 6.07 Å². The monoisotopic (exact) mass is 309 g/mol. The number of nitrogens with one attached hydrogen (secondary N) is 3. The number of H-pyrrole nitrogens is 1. The summed E-state index contributed by atoms with van der Waals surface area (Å²) < 4.78 is 27.0. The van der Waals surface area contributed by atoms with Crippen LogP contribution in [0.25, 0.3) is 0 Å². The molecule has 0 amide bonds. The minimum absolute atomic E-state index is 0.00107. The van der Waals surface area contributed by atoms with E-state index in [2.05, 4.69) is 25.0 Å². The molecule has 0 aliphatic carbocycles. The van der Waals surface area contributed by atoms with Gasteiger partial charge in [-0.2, -0.15) is 4.72 Å². The molecule has 2 aromatic heterocycles. The molecule has 1 unspecified atom stereocenters. The van der Waals surface area contributed by atoms with Crippen molar-refractivity contribution < 1.29 is 8.42 Å². The van der Waals surface area contributed by atoms with Crippen molar-refractivity contribution in [2.75, 3.05) is 6.54 Å². The van der Waals surface area contributed by atoms with E-state index in [-0.39, 0.29) is 5.03 Å². The molecule has 0 radical (unpaired) electrons. The lowest BCUT2D eigenvalue weighted by molar-refractivity contribution is 0.557. The molecule has 0 bridgehead atoms. The number of nitrogens with zero attached hydrogens (tertiary/aromatic N) is 2. The van der Waals surface area contributed by atoms with Gasteiger partial charge in [0.25, 0.3) is 10.0 Å². The fourth-order valence-corrected chi connectivity index (χ4v) is 2.94. The van der Waals surface area contributed by atoms with Crippen molar-refractivity contribution in [3.63, 3.8) is 0 Å². The summed E-state index contributed by atoms with van der Waals surface area (Å²) in [5.41, 5.74) is 0.940. The fraction of sp³-hybridized carbons (Fsp3) is 0.385. The van der Waals surface area contributed by atoms with Crippen LogP contribution in [0.4, 0.5) is 0 Å². The van der Waals surface area contributed by atoms with Crippen LogP contribution >= 0.6 is 0 Å². The van der Waals surface area contributed by atoms with Crippen LogP contribution in [0.15, 0.2) is 35.7 Å². The molecule has 0 saturated heterocycles. The van der Waals surface area contributed by atoms with E-state index in [1.54, 1.807) is 31.6 Å². The summed E-state index contributed by atoms with van der Waals surface area (Å²) in [6, 6.07) is 2.80. The molecule has 1 atom stereocenters. The van der Waals surface area contributed by atoms with E-state index >= 15 is 0 Å². The molecule has 2 heterocycles. The quantitative estimate of drug-likeness (QED) is 0.707. The summed E-state index contributed by atoms with van der Waals surface area (Å²) in [6.07, 6.45) is 4.79. The summed E-state index contributed by atoms with van der Waals surface area (Å²) in [4.78, 5) is 10.9. The summed E-state index contributed by atoms with van der Waals surface area (Å²) in [5.74, 6) is 0.558. The van der Waals surface area contributed by atoms with Crippen LogP contribution in [0.2, 0.25) is 0 Å². The Morgan fingerprint density at radius 2 is 2.14 bits per heavy atom. The van der Waals surface area contributed by atoms with Crippen LogP contribution < -0.4 is 10.0 Å². The van der Waals surface area contributed by atoms with Gasteiger partial charge in [0, 0.05) is 25.1 Å². The Bertz CT molecular complexity index is 652. The van der Waals surface area contributed by atoms with Gasteiger partial charge in [-0.1, -0.05) is 13.0 Å². The number of imidazole rings is 1. The summed E-state index contributed by atoms with van der Waals surface area (Å²) in [6.45, 7) is 5.24. The third kappa shape index (κ3) is 4.10. The van der Waals surface area contributed by atoms with Gasteiger partial charge in [-0.25, -0.2) is 18.4 Å². The highest BCUT2D eigenvalue weighted by molar-refractivity contribution is 7.89. The second-order valence-electron chi connectivity index (χ2n) is 4.60. The van der Waals surface area contributed by atoms with Crippen LogP contribution in [0, 0.1) is 0 Å². The Balaban J connectivity index is 2.08. The summed E-state index contributed by atoms with van der Waals surface area (Å²) >= 11 is 0. The van der Waals surface area contributed by atoms with Gasteiger partial charge in [0.2, 0.25) is 0 Å². The SMILES string of the molecule is CCNCc1ccc(S(=O)(=O)NC(C)c2ncc[nH]2)nc1. The largest absolute Gasteiger partial charge is 0.347 e. The lowest BCUT2D eigenvalue weighted by atomic mass is 10.3. The minimum Gasteiger partial charge on any atom is -0.347 e. The maximum atomic E-state index is 12.2. The zero-order valence-corrected chi connectivity index (χ0v) is 12.8. The normalized spacial score (nSPS) is 13.2. The molecule has 114 valence electrons. The van der Waals surface area contributed by atoms with E-state index in [0.29, 0.717) is 12.4 Å². The van der Waals surface area contributed by atoms with Gasteiger partial charge in [-0.15, -0.1) is 0 Å². The van der Waals surface area contributed by atoms with Gasteiger partial charge in [0.15, 0.2) is 5.03 Å². The highest BCUT2D eigenvalue weighted by Gasteiger charge is 2.20. The zero-order chi connectivity index (χ0) is 15.3. The average molecular weight is 309 g/mol. The molecule has 0 aliphatic heterocycles. The molecular weight excluding hydrogens is 290 g/mol. The first-order valence-corrected chi connectivity index (χ1v) is 8.18. The highest BCUT2D eigenvalue weighted by atomic mass is 32.2. The molecule has 8 heteroatoms. The number of hydrogen-bond donors (Lipinski definition) is 3. The molecule has 2 aromatic rings. The molecule has 0 saturated carbocycles. The van der Waals surface area contributed by atoms with E-state index < -0.39 is 16.1 Å². The summed E-state index contributed by atoms with van der Waals surface area (Å²) in [7, 11) is -3.66. The molecule has 2 rings (SSSR count). The molecular formula is C13H19N5O2S. The molecule has 3 N–H and O–H groups in total. The topological polar surface area (TPSA) is 99.8 Å². The third-order valence-electron chi connectivity index (χ3n) is 2.91. The highest BCUT2D eigenvalue weighted by Crippen LogP contribution is 2.12. The Hall–Kier alpha value is -1.77. The molecule has 0 aliphatic rings. The van der Waals surface area contributed by atoms with Crippen molar-refractivity contribution in [2.45, 2.75) is 31.5 Å². The molecule has 7 nitrogen and oxygen atoms in total. The van der Waals surface area contributed by atoms with Gasteiger partial charge in [0.1, 0.15) is 5.82 Å². The molecule has 0 fully saturated rings. The maximum Gasteiger partial charge on any atom is 0.258 e. The second-order valence-corrected chi connectivity index (χ2v) is 6.26. The number of rotatable bonds is 7. The number of aromatic amines is 1. The van der Waals surface area contributed by atoms with E-state index in [1.807, 2.05) is 6.92 Å². The third-order valence-corrected chi connectivity index (χ3v) is 4.37. The average Bonchev–Trinajstić information content (AvgIpc) is 2.99. The first-order chi connectivity index (χ1) is 10.0. The van der Waals surface area contributed by atoms with Crippen molar-refractivity contribution in [1.82, 2.24) is 25.0 Å². The Morgan fingerprint density at radius 1 is 1.33 bits per heavy atom. The molecule has 21 heavy (non-hydrogen) atoms. The first-order valence-electron chi connectivity index (χ1n) is 6.70. The van der Waals surface area contributed by atoms with Gasteiger partial charge in [-0.05, 0) is 25.1 Å². The van der Waals surface area contributed by atoms with Crippen LogP contribution in [0.1, 0.15) is 31.3 Å². The Labute approximate surface area is 124 Å². The van der Waals surface area contributed by atoms with Crippen molar-refractivity contribution in [2.24, 2.45) is 0 Å². The first kappa shape index (κ1) is 15.6. The van der Waals surface area contributed by atoms with Crippen molar-refractivity contribution in [3.05, 3.63) is 42.1 Å². The predicted octanol–water partition coefficient (Wildman–Crippen LogP) is 0.954. The van der Waals surface area contributed by atoms with Crippen LogP contribution in [-0.4, -0.2) is 29.9 Å². The fourth-order valence-electron chi connectivity index (χ4n) is 1.81. The molecule has 0 aromatic carbocycles.